The molecule has 1 heterocycles. The normalized spacial score (nSPS) is 22.5. The summed E-state index contributed by atoms with van der Waals surface area (Å²) in [6, 6.07) is 5.41. The molecule has 7 nitrogen and oxygen atoms in total. The average molecular weight is 295 g/mol. The van der Waals surface area contributed by atoms with Crippen LogP contribution < -0.4 is 15.8 Å². The number of amidine groups is 1. The first kappa shape index (κ1) is 15.6. The van der Waals surface area contributed by atoms with Crippen molar-refractivity contribution in [3.8, 4) is 5.75 Å². The summed E-state index contributed by atoms with van der Waals surface area (Å²) >= 11 is 0. The summed E-state index contributed by atoms with van der Waals surface area (Å²) in [4.78, 5) is 0. The molecule has 1 saturated heterocycles. The summed E-state index contributed by atoms with van der Waals surface area (Å²) < 4.78 is 10.4. The van der Waals surface area contributed by atoms with E-state index in [4.69, 9.17) is 20.4 Å². The minimum atomic E-state index is -0.780. The summed E-state index contributed by atoms with van der Waals surface area (Å²) in [7, 11) is 1.53. The number of rotatable bonds is 6. The van der Waals surface area contributed by atoms with E-state index in [1.807, 2.05) is 12.1 Å². The van der Waals surface area contributed by atoms with Crippen LogP contribution in [0.15, 0.2) is 23.4 Å². The molecule has 7 heteroatoms. The molecule has 5 N–H and O–H groups in total. The third-order valence-electron chi connectivity index (χ3n) is 3.52. The minimum Gasteiger partial charge on any atom is -0.496 e. The van der Waals surface area contributed by atoms with Crippen molar-refractivity contribution in [2.45, 2.75) is 18.6 Å². The highest BCUT2D eigenvalue weighted by molar-refractivity contribution is 5.99. The lowest BCUT2D eigenvalue weighted by Gasteiger charge is -2.20. The molecular formula is C14H21N3O4. The fourth-order valence-electron chi connectivity index (χ4n) is 2.29. The molecule has 1 aliphatic rings. The number of hydrogen-bond donors (Lipinski definition) is 4. The van der Waals surface area contributed by atoms with Crippen molar-refractivity contribution in [3.63, 3.8) is 0 Å². The summed E-state index contributed by atoms with van der Waals surface area (Å²) in [5, 5.41) is 25.0. The summed E-state index contributed by atoms with van der Waals surface area (Å²) in [5.74, 6) is 0.538. The molecule has 1 unspecified atom stereocenters. The quantitative estimate of drug-likeness (QED) is 0.255. The highest BCUT2D eigenvalue weighted by Crippen LogP contribution is 2.21. The van der Waals surface area contributed by atoms with Gasteiger partial charge < -0.3 is 30.8 Å². The number of nitrogens with zero attached hydrogens (tertiary/aromatic N) is 1. The lowest BCUT2D eigenvalue weighted by atomic mass is 10.0. The number of nitrogens with one attached hydrogen (secondary N) is 1. The summed E-state index contributed by atoms with van der Waals surface area (Å²) in [6.07, 6.45) is 0.645. The highest BCUT2D eigenvalue weighted by atomic mass is 16.5. The molecule has 2 rings (SSSR count). The van der Waals surface area contributed by atoms with Crippen LogP contribution in [0.3, 0.4) is 0 Å². The van der Waals surface area contributed by atoms with Crippen LogP contribution in [0.5, 0.6) is 5.75 Å². The maximum absolute atomic E-state index is 10.1. The van der Waals surface area contributed by atoms with E-state index in [0.29, 0.717) is 44.0 Å². The van der Waals surface area contributed by atoms with Gasteiger partial charge in [-0.2, -0.15) is 0 Å². The molecule has 0 radical (unpaired) electrons. The van der Waals surface area contributed by atoms with Gasteiger partial charge in [0.05, 0.1) is 19.3 Å². The fraction of sp³-hybridized carbons (Fsp3) is 0.500. The monoisotopic (exact) mass is 295 g/mol. The predicted molar refractivity (Wildman–Crippen MR) is 77.6 cm³/mol. The van der Waals surface area contributed by atoms with Gasteiger partial charge in [-0.25, -0.2) is 0 Å². The van der Waals surface area contributed by atoms with E-state index in [2.05, 4.69) is 10.5 Å². The Labute approximate surface area is 123 Å². The van der Waals surface area contributed by atoms with E-state index in [9.17, 15) is 5.11 Å². The van der Waals surface area contributed by atoms with Gasteiger partial charge in [-0.1, -0.05) is 11.2 Å². The summed E-state index contributed by atoms with van der Waals surface area (Å²) in [6.45, 7) is 2.01. The van der Waals surface area contributed by atoms with E-state index < -0.39 is 5.60 Å². The van der Waals surface area contributed by atoms with E-state index in [1.165, 1.54) is 7.11 Å². The SMILES string of the molecule is COc1cc(CNCC2(O)CCOC2)ccc1/C(N)=N/O. The van der Waals surface area contributed by atoms with Crippen molar-refractivity contribution in [2.75, 3.05) is 26.9 Å². The predicted octanol–water partition coefficient (Wildman–Crippen LogP) is 0.0307. The van der Waals surface area contributed by atoms with Gasteiger partial charge in [0.1, 0.15) is 11.4 Å². The number of hydrogen-bond acceptors (Lipinski definition) is 6. The zero-order valence-corrected chi connectivity index (χ0v) is 12.0. The van der Waals surface area contributed by atoms with Crippen LogP contribution in [0.25, 0.3) is 0 Å². The molecule has 21 heavy (non-hydrogen) atoms. The Bertz CT molecular complexity index is 513. The maximum Gasteiger partial charge on any atom is 0.173 e. The van der Waals surface area contributed by atoms with E-state index in [0.717, 1.165) is 5.56 Å². The molecule has 1 aromatic rings. The topological polar surface area (TPSA) is 109 Å². The molecule has 1 atom stereocenters. The second-order valence-corrected chi connectivity index (χ2v) is 5.15. The van der Waals surface area contributed by atoms with Crippen LogP contribution in [0.2, 0.25) is 0 Å². The molecule has 1 fully saturated rings. The Morgan fingerprint density at radius 2 is 2.38 bits per heavy atom. The molecule has 0 bridgehead atoms. The zero-order valence-electron chi connectivity index (χ0n) is 12.0. The van der Waals surface area contributed by atoms with Crippen molar-refractivity contribution in [1.29, 1.82) is 0 Å². The van der Waals surface area contributed by atoms with Crippen LogP contribution >= 0.6 is 0 Å². The molecule has 116 valence electrons. The van der Waals surface area contributed by atoms with E-state index in [-0.39, 0.29) is 5.84 Å². The van der Waals surface area contributed by atoms with Gasteiger partial charge in [0.2, 0.25) is 0 Å². The van der Waals surface area contributed by atoms with E-state index in [1.54, 1.807) is 6.07 Å². The number of ether oxygens (including phenoxy) is 2. The smallest absolute Gasteiger partial charge is 0.173 e. The number of methoxy groups -OCH3 is 1. The Hall–Kier alpha value is -1.83. The molecule has 0 aromatic heterocycles. The maximum atomic E-state index is 10.1. The first-order chi connectivity index (χ1) is 10.1. The summed E-state index contributed by atoms with van der Waals surface area (Å²) in [5.41, 5.74) is 6.31. The first-order valence-corrected chi connectivity index (χ1v) is 6.73. The molecule has 0 spiro atoms. The number of oxime groups is 1. The standard InChI is InChI=1S/C14H21N3O4/c1-20-12-6-10(2-3-11(12)13(15)17-19)7-16-8-14(18)4-5-21-9-14/h2-3,6,16,18-19H,4-5,7-9H2,1H3,(H2,15,17). The minimum absolute atomic E-state index is 0.00350. The van der Waals surface area contributed by atoms with Crippen molar-refractivity contribution in [2.24, 2.45) is 10.9 Å². The zero-order chi connectivity index (χ0) is 15.3. The third-order valence-corrected chi connectivity index (χ3v) is 3.52. The Morgan fingerprint density at radius 3 is 3.00 bits per heavy atom. The molecule has 0 amide bonds. The average Bonchev–Trinajstić information content (AvgIpc) is 2.93. The molecule has 0 aliphatic carbocycles. The van der Waals surface area contributed by atoms with Crippen molar-refractivity contribution in [1.82, 2.24) is 5.32 Å². The highest BCUT2D eigenvalue weighted by Gasteiger charge is 2.31. The van der Waals surface area contributed by atoms with Gasteiger partial charge in [-0.3, -0.25) is 0 Å². The molecule has 1 aromatic carbocycles. The first-order valence-electron chi connectivity index (χ1n) is 6.73. The van der Waals surface area contributed by atoms with Crippen LogP contribution in [0, 0.1) is 0 Å². The molecular weight excluding hydrogens is 274 g/mol. The number of nitrogens with two attached hydrogens (primary N) is 1. The van der Waals surface area contributed by atoms with Gasteiger partial charge in [-0.05, 0) is 17.7 Å². The van der Waals surface area contributed by atoms with Crippen LogP contribution in [0.1, 0.15) is 17.5 Å². The van der Waals surface area contributed by atoms with Crippen LogP contribution in [0.4, 0.5) is 0 Å². The largest absolute Gasteiger partial charge is 0.496 e. The Balaban J connectivity index is 1.97. The lowest BCUT2D eigenvalue weighted by Crippen LogP contribution is -2.40. The van der Waals surface area contributed by atoms with Crippen LogP contribution in [-0.4, -0.2) is 48.6 Å². The second kappa shape index (κ2) is 6.75. The third kappa shape index (κ3) is 3.84. The van der Waals surface area contributed by atoms with Crippen molar-refractivity contribution in [3.05, 3.63) is 29.3 Å². The van der Waals surface area contributed by atoms with Crippen molar-refractivity contribution >= 4 is 5.84 Å². The van der Waals surface area contributed by atoms with Gasteiger partial charge in [0.15, 0.2) is 5.84 Å². The van der Waals surface area contributed by atoms with Gasteiger partial charge in [0.25, 0.3) is 0 Å². The Morgan fingerprint density at radius 1 is 1.57 bits per heavy atom. The van der Waals surface area contributed by atoms with Crippen molar-refractivity contribution < 1.29 is 19.8 Å². The lowest BCUT2D eigenvalue weighted by molar-refractivity contribution is 0.0268. The van der Waals surface area contributed by atoms with Gasteiger partial charge in [0, 0.05) is 26.1 Å². The Kier molecular flexibility index (Phi) is 5.00. The number of aliphatic hydroxyl groups is 1. The van der Waals surface area contributed by atoms with Crippen LogP contribution in [-0.2, 0) is 11.3 Å². The number of benzene rings is 1. The van der Waals surface area contributed by atoms with Gasteiger partial charge >= 0.3 is 0 Å². The molecule has 1 aliphatic heterocycles. The fourth-order valence-corrected chi connectivity index (χ4v) is 2.29. The van der Waals surface area contributed by atoms with Gasteiger partial charge in [-0.15, -0.1) is 0 Å². The molecule has 0 saturated carbocycles. The second-order valence-electron chi connectivity index (χ2n) is 5.15. The van der Waals surface area contributed by atoms with E-state index >= 15 is 0 Å².